The molecule has 0 heterocycles. The lowest BCUT2D eigenvalue weighted by atomic mass is 10.1. The number of anilines is 2. The van der Waals surface area contributed by atoms with E-state index in [1.54, 1.807) is 31.2 Å². The first-order valence-electron chi connectivity index (χ1n) is 7.17. The minimum Gasteiger partial charge on any atom is -0.393 e. The molecule has 0 aliphatic carbocycles. The average molecular weight is 375 g/mol. The number of hydrogen-bond donors (Lipinski definition) is 2. The van der Waals surface area contributed by atoms with Crippen LogP contribution in [0.2, 0.25) is 5.02 Å². The molecule has 25 heavy (non-hydrogen) atoms. The van der Waals surface area contributed by atoms with Gasteiger partial charge in [0.25, 0.3) is 5.69 Å². The second-order valence-electron chi connectivity index (χ2n) is 5.48. The van der Waals surface area contributed by atoms with Crippen LogP contribution >= 0.6 is 11.6 Å². The summed E-state index contributed by atoms with van der Waals surface area (Å²) in [6.45, 7) is 1.64. The molecule has 1 atom stereocenters. The third-order valence-electron chi connectivity index (χ3n) is 3.35. The third kappa shape index (κ3) is 4.83. The highest BCUT2D eigenvalue weighted by Gasteiger charge is 2.36. The van der Waals surface area contributed by atoms with Crippen LogP contribution < -0.4 is 5.32 Å². The molecule has 134 valence electrons. The molecule has 2 rings (SSSR count). The monoisotopic (exact) mass is 374 g/mol. The lowest BCUT2D eigenvalue weighted by Crippen LogP contribution is -2.08. The van der Waals surface area contributed by atoms with Gasteiger partial charge in [0.05, 0.1) is 21.6 Å². The Morgan fingerprint density at radius 2 is 1.88 bits per heavy atom. The fraction of sp³-hybridized carbons (Fsp3) is 0.250. The van der Waals surface area contributed by atoms with Crippen LogP contribution in [0, 0.1) is 10.1 Å². The highest BCUT2D eigenvalue weighted by Crippen LogP contribution is 2.41. The molecule has 0 aliphatic heterocycles. The molecule has 0 amide bonds. The highest BCUT2D eigenvalue weighted by atomic mass is 35.5. The zero-order valence-corrected chi connectivity index (χ0v) is 13.7. The highest BCUT2D eigenvalue weighted by molar-refractivity contribution is 6.31. The Kier molecular flexibility index (Phi) is 5.54. The topological polar surface area (TPSA) is 75.4 Å². The molecular formula is C16H14ClF3N2O3. The number of rotatable bonds is 5. The molecule has 2 N–H and O–H groups in total. The zero-order valence-electron chi connectivity index (χ0n) is 13.0. The Bertz CT molecular complexity index is 777. The van der Waals surface area contributed by atoms with Crippen LogP contribution in [-0.2, 0) is 12.6 Å². The molecule has 0 radical (unpaired) electrons. The summed E-state index contributed by atoms with van der Waals surface area (Å²) in [4.78, 5) is 10.2. The SMILES string of the molecule is C[C@H](O)Cc1ccc(Nc2cc(Cl)c(C(F)(F)F)cc2[N+](=O)[O-])cc1. The number of halogens is 4. The van der Waals surface area contributed by atoms with Gasteiger partial charge in [0.2, 0.25) is 0 Å². The quantitative estimate of drug-likeness (QED) is 0.574. The largest absolute Gasteiger partial charge is 0.418 e. The van der Waals surface area contributed by atoms with Crippen LogP contribution in [0.4, 0.5) is 30.2 Å². The molecule has 2 aromatic carbocycles. The molecule has 9 heteroatoms. The molecule has 5 nitrogen and oxygen atoms in total. The van der Waals surface area contributed by atoms with Gasteiger partial charge in [-0.1, -0.05) is 23.7 Å². The summed E-state index contributed by atoms with van der Waals surface area (Å²) in [6.07, 6.45) is -4.87. The van der Waals surface area contributed by atoms with E-state index in [2.05, 4.69) is 5.32 Å². The van der Waals surface area contributed by atoms with Gasteiger partial charge >= 0.3 is 6.18 Å². The van der Waals surface area contributed by atoms with E-state index in [0.717, 1.165) is 11.6 Å². The molecule has 0 aliphatic rings. The maximum Gasteiger partial charge on any atom is 0.418 e. The van der Waals surface area contributed by atoms with E-state index in [4.69, 9.17) is 11.6 Å². The predicted molar refractivity (Wildman–Crippen MR) is 88.2 cm³/mol. The number of nitro groups is 1. The summed E-state index contributed by atoms with van der Waals surface area (Å²) in [6, 6.07) is 7.90. The first-order chi connectivity index (χ1) is 11.6. The van der Waals surface area contributed by atoms with Crippen LogP contribution in [0.1, 0.15) is 18.1 Å². The molecular weight excluding hydrogens is 361 g/mol. The fourth-order valence-corrected chi connectivity index (χ4v) is 2.52. The number of aliphatic hydroxyl groups is 1. The zero-order chi connectivity index (χ0) is 18.8. The van der Waals surface area contributed by atoms with Crippen molar-refractivity contribution in [1.82, 2.24) is 0 Å². The van der Waals surface area contributed by atoms with Gasteiger partial charge in [-0.2, -0.15) is 13.2 Å². The van der Waals surface area contributed by atoms with Crippen molar-refractivity contribution in [3.8, 4) is 0 Å². The van der Waals surface area contributed by atoms with Gasteiger partial charge in [0.15, 0.2) is 0 Å². The number of aliphatic hydroxyl groups excluding tert-OH is 1. The van der Waals surface area contributed by atoms with E-state index in [1.165, 1.54) is 0 Å². The van der Waals surface area contributed by atoms with E-state index in [-0.39, 0.29) is 5.69 Å². The second-order valence-corrected chi connectivity index (χ2v) is 5.89. The normalized spacial score (nSPS) is 12.7. The van der Waals surface area contributed by atoms with Crippen molar-refractivity contribution in [3.63, 3.8) is 0 Å². The Morgan fingerprint density at radius 3 is 2.36 bits per heavy atom. The van der Waals surface area contributed by atoms with E-state index in [1.807, 2.05) is 0 Å². The minimum absolute atomic E-state index is 0.147. The molecule has 0 fully saturated rings. The molecule has 0 saturated heterocycles. The number of alkyl halides is 3. The average Bonchev–Trinajstić information content (AvgIpc) is 2.47. The lowest BCUT2D eigenvalue weighted by molar-refractivity contribution is -0.384. The van der Waals surface area contributed by atoms with Crippen molar-refractivity contribution < 1.29 is 23.2 Å². The second kappa shape index (κ2) is 7.28. The van der Waals surface area contributed by atoms with Crippen molar-refractivity contribution in [2.45, 2.75) is 25.6 Å². The van der Waals surface area contributed by atoms with Crippen LogP contribution in [0.5, 0.6) is 0 Å². The Morgan fingerprint density at radius 1 is 1.28 bits per heavy atom. The van der Waals surface area contributed by atoms with E-state index in [9.17, 15) is 28.4 Å². The summed E-state index contributed by atoms with van der Waals surface area (Å²) in [5, 5.41) is 22.5. The molecule has 0 saturated carbocycles. The van der Waals surface area contributed by atoms with Crippen molar-refractivity contribution >= 4 is 28.7 Å². The molecule has 2 aromatic rings. The number of hydrogen-bond acceptors (Lipinski definition) is 4. The smallest absolute Gasteiger partial charge is 0.393 e. The fourth-order valence-electron chi connectivity index (χ4n) is 2.25. The number of nitrogens with one attached hydrogen (secondary N) is 1. The Hall–Kier alpha value is -2.32. The van der Waals surface area contributed by atoms with Gasteiger partial charge < -0.3 is 10.4 Å². The van der Waals surface area contributed by atoms with E-state index in [0.29, 0.717) is 18.2 Å². The molecule has 0 aromatic heterocycles. The Labute approximate surface area is 146 Å². The first kappa shape index (κ1) is 19.0. The molecule has 0 bridgehead atoms. The molecule has 0 spiro atoms. The minimum atomic E-state index is -4.79. The van der Waals surface area contributed by atoms with Crippen molar-refractivity contribution in [2.24, 2.45) is 0 Å². The predicted octanol–water partition coefficient (Wildman–Crippen LogP) is 4.93. The van der Waals surface area contributed by atoms with E-state index >= 15 is 0 Å². The maximum absolute atomic E-state index is 12.9. The van der Waals surface area contributed by atoms with Crippen molar-refractivity contribution in [1.29, 1.82) is 0 Å². The van der Waals surface area contributed by atoms with Gasteiger partial charge in [0, 0.05) is 11.8 Å². The number of nitrogens with zero attached hydrogens (tertiary/aromatic N) is 1. The van der Waals surface area contributed by atoms with Crippen LogP contribution in [-0.4, -0.2) is 16.1 Å². The summed E-state index contributed by atoms with van der Waals surface area (Å²) in [5.41, 5.74) is -0.858. The summed E-state index contributed by atoms with van der Waals surface area (Å²) in [7, 11) is 0. The van der Waals surface area contributed by atoms with Crippen LogP contribution in [0.15, 0.2) is 36.4 Å². The summed E-state index contributed by atoms with van der Waals surface area (Å²) in [5.74, 6) is 0. The lowest BCUT2D eigenvalue weighted by Gasteiger charge is -2.13. The third-order valence-corrected chi connectivity index (χ3v) is 3.66. The van der Waals surface area contributed by atoms with Gasteiger partial charge in [-0.25, -0.2) is 0 Å². The Balaban J connectivity index is 2.35. The van der Waals surface area contributed by atoms with Gasteiger partial charge in [-0.15, -0.1) is 0 Å². The van der Waals surface area contributed by atoms with Crippen LogP contribution in [0.25, 0.3) is 0 Å². The number of benzene rings is 2. The van der Waals surface area contributed by atoms with Crippen LogP contribution in [0.3, 0.4) is 0 Å². The summed E-state index contributed by atoms with van der Waals surface area (Å²) >= 11 is 5.63. The van der Waals surface area contributed by atoms with Gasteiger partial charge in [-0.3, -0.25) is 10.1 Å². The summed E-state index contributed by atoms with van der Waals surface area (Å²) < 4.78 is 38.6. The maximum atomic E-state index is 12.9. The van der Waals surface area contributed by atoms with Crippen molar-refractivity contribution in [3.05, 3.63) is 62.7 Å². The number of nitro benzene ring substituents is 1. The van der Waals surface area contributed by atoms with Gasteiger partial charge in [0.1, 0.15) is 5.69 Å². The first-order valence-corrected chi connectivity index (χ1v) is 7.55. The van der Waals surface area contributed by atoms with Gasteiger partial charge in [-0.05, 0) is 37.1 Å². The molecule has 0 unspecified atom stereocenters. The van der Waals surface area contributed by atoms with Crippen molar-refractivity contribution in [2.75, 3.05) is 5.32 Å². The standard InChI is InChI=1S/C16H14ClF3N2O3/c1-9(23)6-10-2-4-11(5-3-10)21-14-8-13(17)12(16(18,19)20)7-15(14)22(24)25/h2-5,7-9,21,23H,6H2,1H3/t9-/m0/s1. The van der Waals surface area contributed by atoms with E-state index < -0.39 is 33.5 Å².